The maximum absolute atomic E-state index is 12.9. The SMILES string of the molecule is COc1ccc([C@H](NC(=O)Cc2c(C)[nH]c3ccccc23)C2CC(O)C2)cn1. The number of fused-ring (bicyclic) bond motifs is 1. The Morgan fingerprint density at radius 1 is 1.32 bits per heavy atom. The number of hydrogen-bond acceptors (Lipinski definition) is 4. The number of benzene rings is 1. The molecule has 1 saturated carbocycles. The number of nitrogens with one attached hydrogen (secondary N) is 2. The number of rotatable bonds is 6. The molecule has 0 bridgehead atoms. The quantitative estimate of drug-likeness (QED) is 0.614. The third-order valence-corrected chi connectivity index (χ3v) is 5.63. The Morgan fingerprint density at radius 3 is 2.79 bits per heavy atom. The zero-order chi connectivity index (χ0) is 19.7. The number of pyridine rings is 1. The molecular weight excluding hydrogens is 354 g/mol. The third-order valence-electron chi connectivity index (χ3n) is 5.63. The van der Waals surface area contributed by atoms with Crippen LogP contribution in [0.1, 0.15) is 35.7 Å². The Labute approximate surface area is 163 Å². The second kappa shape index (κ2) is 7.64. The summed E-state index contributed by atoms with van der Waals surface area (Å²) in [6.07, 6.45) is 3.13. The molecule has 146 valence electrons. The van der Waals surface area contributed by atoms with Gasteiger partial charge >= 0.3 is 0 Å². The molecule has 0 radical (unpaired) electrons. The number of aromatic nitrogens is 2. The maximum atomic E-state index is 12.9. The number of amides is 1. The van der Waals surface area contributed by atoms with Crippen molar-refractivity contribution in [2.45, 2.75) is 38.3 Å². The van der Waals surface area contributed by atoms with Gasteiger partial charge in [0.25, 0.3) is 0 Å². The van der Waals surface area contributed by atoms with Crippen LogP contribution in [0.25, 0.3) is 10.9 Å². The number of hydrogen-bond donors (Lipinski definition) is 3. The van der Waals surface area contributed by atoms with Crippen molar-refractivity contribution in [3.05, 3.63) is 59.4 Å². The molecule has 1 aliphatic carbocycles. The minimum atomic E-state index is -0.286. The summed E-state index contributed by atoms with van der Waals surface area (Å²) in [4.78, 5) is 20.5. The molecule has 28 heavy (non-hydrogen) atoms. The van der Waals surface area contributed by atoms with E-state index in [1.807, 2.05) is 37.3 Å². The standard InChI is InChI=1S/C22H25N3O3/c1-13-18(17-5-3-4-6-19(17)24-13)11-20(27)25-22(15-9-16(26)10-15)14-7-8-21(28-2)23-12-14/h3-8,12,15-16,22,24,26H,9-11H2,1-2H3,(H,25,27)/t15?,16?,22-/m0/s1. The Hall–Kier alpha value is -2.86. The predicted molar refractivity (Wildman–Crippen MR) is 107 cm³/mol. The summed E-state index contributed by atoms with van der Waals surface area (Å²) in [5.74, 6) is 0.713. The van der Waals surface area contributed by atoms with Gasteiger partial charge in [-0.3, -0.25) is 4.79 Å². The monoisotopic (exact) mass is 379 g/mol. The minimum absolute atomic E-state index is 0.0324. The predicted octanol–water partition coefficient (Wildman–Crippen LogP) is 3.05. The van der Waals surface area contributed by atoms with E-state index in [-0.39, 0.29) is 24.0 Å². The van der Waals surface area contributed by atoms with Crippen LogP contribution in [-0.4, -0.2) is 34.2 Å². The van der Waals surface area contributed by atoms with Crippen molar-refractivity contribution in [1.29, 1.82) is 0 Å². The molecule has 2 heterocycles. The van der Waals surface area contributed by atoms with Gasteiger partial charge < -0.3 is 20.1 Å². The van der Waals surface area contributed by atoms with Gasteiger partial charge in [-0.2, -0.15) is 0 Å². The molecule has 0 saturated heterocycles. The molecule has 3 aromatic rings. The highest BCUT2D eigenvalue weighted by Crippen LogP contribution is 2.38. The van der Waals surface area contributed by atoms with Gasteiger partial charge in [-0.05, 0) is 42.9 Å². The number of H-pyrrole nitrogens is 1. The number of carbonyl (C=O) groups is 1. The zero-order valence-electron chi connectivity index (χ0n) is 16.1. The number of ether oxygens (including phenoxy) is 1. The molecule has 1 atom stereocenters. The summed E-state index contributed by atoms with van der Waals surface area (Å²) in [6, 6.07) is 11.6. The molecule has 0 spiro atoms. The normalized spacial score (nSPS) is 19.8. The number of aryl methyl sites for hydroxylation is 1. The second-order valence-corrected chi connectivity index (χ2v) is 7.52. The van der Waals surface area contributed by atoms with Gasteiger partial charge in [-0.25, -0.2) is 4.98 Å². The lowest BCUT2D eigenvalue weighted by molar-refractivity contribution is -0.122. The number of aromatic amines is 1. The van der Waals surface area contributed by atoms with Crippen molar-refractivity contribution >= 4 is 16.8 Å². The van der Waals surface area contributed by atoms with E-state index in [9.17, 15) is 9.90 Å². The fraction of sp³-hybridized carbons (Fsp3) is 0.364. The van der Waals surface area contributed by atoms with Crippen LogP contribution in [0, 0.1) is 12.8 Å². The van der Waals surface area contributed by atoms with Gasteiger partial charge in [0, 0.05) is 28.9 Å². The Balaban J connectivity index is 1.54. The van der Waals surface area contributed by atoms with E-state index in [0.29, 0.717) is 25.1 Å². The van der Waals surface area contributed by atoms with Crippen molar-refractivity contribution < 1.29 is 14.6 Å². The molecule has 1 fully saturated rings. The number of nitrogens with zero attached hydrogens (tertiary/aromatic N) is 1. The lowest BCUT2D eigenvalue weighted by Crippen LogP contribution is -2.42. The number of aliphatic hydroxyl groups excluding tert-OH is 1. The minimum Gasteiger partial charge on any atom is -0.481 e. The molecule has 6 heteroatoms. The molecular formula is C22H25N3O3. The van der Waals surface area contributed by atoms with Gasteiger partial charge in [-0.1, -0.05) is 24.3 Å². The van der Waals surface area contributed by atoms with Crippen molar-refractivity contribution in [1.82, 2.24) is 15.3 Å². The van der Waals surface area contributed by atoms with Gasteiger partial charge in [0.05, 0.1) is 25.7 Å². The number of para-hydroxylation sites is 1. The topological polar surface area (TPSA) is 87.2 Å². The molecule has 1 amide bonds. The molecule has 6 nitrogen and oxygen atoms in total. The van der Waals surface area contributed by atoms with Crippen molar-refractivity contribution in [3.63, 3.8) is 0 Å². The van der Waals surface area contributed by atoms with E-state index >= 15 is 0 Å². The highest BCUT2D eigenvalue weighted by Gasteiger charge is 2.36. The fourth-order valence-electron chi connectivity index (χ4n) is 4.02. The molecule has 1 aliphatic rings. The maximum Gasteiger partial charge on any atom is 0.225 e. The first kappa shape index (κ1) is 18.5. The fourth-order valence-corrected chi connectivity index (χ4v) is 4.02. The third kappa shape index (κ3) is 3.60. The van der Waals surface area contributed by atoms with E-state index in [2.05, 4.69) is 15.3 Å². The highest BCUT2D eigenvalue weighted by atomic mass is 16.5. The van der Waals surface area contributed by atoms with Crippen LogP contribution in [0.3, 0.4) is 0 Å². The largest absolute Gasteiger partial charge is 0.481 e. The molecule has 1 aromatic carbocycles. The van der Waals surface area contributed by atoms with Crippen LogP contribution in [-0.2, 0) is 11.2 Å². The van der Waals surface area contributed by atoms with E-state index < -0.39 is 0 Å². The smallest absolute Gasteiger partial charge is 0.225 e. The van der Waals surface area contributed by atoms with Gasteiger partial charge in [-0.15, -0.1) is 0 Å². The Morgan fingerprint density at radius 2 is 2.11 bits per heavy atom. The summed E-state index contributed by atoms with van der Waals surface area (Å²) in [7, 11) is 1.58. The first-order valence-corrected chi connectivity index (χ1v) is 9.58. The summed E-state index contributed by atoms with van der Waals surface area (Å²) >= 11 is 0. The highest BCUT2D eigenvalue weighted by molar-refractivity contribution is 5.90. The molecule has 0 unspecified atom stereocenters. The first-order valence-electron chi connectivity index (χ1n) is 9.58. The van der Waals surface area contributed by atoms with Crippen LogP contribution in [0.15, 0.2) is 42.6 Å². The average Bonchev–Trinajstić information content (AvgIpc) is 2.99. The lowest BCUT2D eigenvalue weighted by Gasteiger charge is -2.38. The van der Waals surface area contributed by atoms with Gasteiger partial charge in [0.2, 0.25) is 11.8 Å². The van der Waals surface area contributed by atoms with E-state index in [4.69, 9.17) is 4.74 Å². The van der Waals surface area contributed by atoms with Gasteiger partial charge in [0.1, 0.15) is 0 Å². The Kier molecular flexibility index (Phi) is 5.05. The lowest BCUT2D eigenvalue weighted by atomic mass is 9.75. The first-order chi connectivity index (χ1) is 13.5. The van der Waals surface area contributed by atoms with Crippen LogP contribution in [0.2, 0.25) is 0 Å². The molecule has 2 aromatic heterocycles. The average molecular weight is 379 g/mol. The van der Waals surface area contributed by atoms with E-state index in [1.165, 1.54) is 0 Å². The van der Waals surface area contributed by atoms with Crippen LogP contribution in [0.5, 0.6) is 5.88 Å². The van der Waals surface area contributed by atoms with Gasteiger partial charge in [0.15, 0.2) is 0 Å². The molecule has 4 rings (SSSR count). The molecule has 3 N–H and O–H groups in total. The second-order valence-electron chi connectivity index (χ2n) is 7.52. The van der Waals surface area contributed by atoms with E-state index in [0.717, 1.165) is 27.7 Å². The summed E-state index contributed by atoms with van der Waals surface area (Å²) < 4.78 is 5.13. The number of carbonyl (C=O) groups excluding carboxylic acids is 1. The van der Waals surface area contributed by atoms with Crippen molar-refractivity contribution in [3.8, 4) is 5.88 Å². The van der Waals surface area contributed by atoms with Crippen LogP contribution in [0.4, 0.5) is 0 Å². The molecule has 0 aliphatic heterocycles. The summed E-state index contributed by atoms with van der Waals surface area (Å²) in [5, 5.41) is 14.0. The number of aliphatic hydroxyl groups is 1. The summed E-state index contributed by atoms with van der Waals surface area (Å²) in [6.45, 7) is 2.00. The Bertz CT molecular complexity index is 974. The summed E-state index contributed by atoms with van der Waals surface area (Å²) in [5.41, 5.74) is 4.01. The van der Waals surface area contributed by atoms with Crippen LogP contribution >= 0.6 is 0 Å². The van der Waals surface area contributed by atoms with E-state index in [1.54, 1.807) is 19.4 Å². The zero-order valence-corrected chi connectivity index (χ0v) is 16.1. The number of methoxy groups -OCH3 is 1. The van der Waals surface area contributed by atoms with Crippen molar-refractivity contribution in [2.75, 3.05) is 7.11 Å². The van der Waals surface area contributed by atoms with Crippen LogP contribution < -0.4 is 10.1 Å². The van der Waals surface area contributed by atoms with Crippen molar-refractivity contribution in [2.24, 2.45) is 5.92 Å².